The Morgan fingerprint density at radius 2 is 1.94 bits per heavy atom. The lowest BCUT2D eigenvalue weighted by Gasteiger charge is -2.13. The SMILES string of the molecule is COc1cc(Br)c(CNC(=O)[C@@H](C)N)cc1OC. The van der Waals surface area contributed by atoms with Crippen LogP contribution in [0.5, 0.6) is 11.5 Å². The lowest BCUT2D eigenvalue weighted by molar-refractivity contribution is -0.122. The highest BCUT2D eigenvalue weighted by molar-refractivity contribution is 9.10. The van der Waals surface area contributed by atoms with Gasteiger partial charge >= 0.3 is 0 Å². The van der Waals surface area contributed by atoms with Crippen molar-refractivity contribution in [3.05, 3.63) is 22.2 Å². The Balaban J connectivity index is 2.86. The summed E-state index contributed by atoms with van der Waals surface area (Å²) in [6, 6.07) is 3.08. The average Bonchev–Trinajstić information content (AvgIpc) is 2.36. The zero-order valence-corrected chi connectivity index (χ0v) is 12.2. The van der Waals surface area contributed by atoms with E-state index in [1.165, 1.54) is 0 Å². The second-order valence-corrected chi connectivity index (χ2v) is 4.66. The molecule has 1 rings (SSSR count). The van der Waals surface area contributed by atoms with Crippen molar-refractivity contribution in [3.8, 4) is 11.5 Å². The van der Waals surface area contributed by atoms with Gasteiger partial charge in [0.1, 0.15) is 0 Å². The van der Waals surface area contributed by atoms with Crippen molar-refractivity contribution in [1.29, 1.82) is 0 Å². The van der Waals surface area contributed by atoms with E-state index in [0.29, 0.717) is 18.0 Å². The van der Waals surface area contributed by atoms with E-state index in [0.717, 1.165) is 10.0 Å². The van der Waals surface area contributed by atoms with Gasteiger partial charge in [-0.3, -0.25) is 4.79 Å². The molecule has 0 heterocycles. The molecule has 6 heteroatoms. The van der Waals surface area contributed by atoms with E-state index in [4.69, 9.17) is 15.2 Å². The molecule has 0 aliphatic heterocycles. The standard InChI is InChI=1S/C12H17BrN2O3/c1-7(14)12(16)15-6-8-4-10(17-2)11(18-3)5-9(8)13/h4-5,7H,6,14H2,1-3H3,(H,15,16)/t7-/m1/s1. The second kappa shape index (κ2) is 6.61. The Morgan fingerprint density at radius 3 is 2.44 bits per heavy atom. The van der Waals surface area contributed by atoms with Crippen LogP contribution in [0.4, 0.5) is 0 Å². The van der Waals surface area contributed by atoms with Crippen LogP contribution in [-0.4, -0.2) is 26.2 Å². The van der Waals surface area contributed by atoms with Crippen LogP contribution in [0.2, 0.25) is 0 Å². The Kier molecular flexibility index (Phi) is 5.43. The van der Waals surface area contributed by atoms with Gasteiger partial charge in [0.05, 0.1) is 20.3 Å². The number of carbonyl (C=O) groups excluding carboxylic acids is 1. The number of methoxy groups -OCH3 is 2. The predicted octanol–water partition coefficient (Wildman–Crippen LogP) is 1.43. The van der Waals surface area contributed by atoms with Gasteiger partial charge in [-0.05, 0) is 24.6 Å². The first-order valence-corrected chi connectivity index (χ1v) is 6.22. The normalized spacial score (nSPS) is 11.8. The first kappa shape index (κ1) is 14.8. The highest BCUT2D eigenvalue weighted by Crippen LogP contribution is 2.33. The topological polar surface area (TPSA) is 73.6 Å². The average molecular weight is 317 g/mol. The molecule has 0 saturated heterocycles. The Labute approximate surface area is 115 Å². The third-order valence-electron chi connectivity index (χ3n) is 2.42. The first-order chi connectivity index (χ1) is 8.49. The van der Waals surface area contributed by atoms with Crippen molar-refractivity contribution in [3.63, 3.8) is 0 Å². The summed E-state index contributed by atoms with van der Waals surface area (Å²) in [6.07, 6.45) is 0. The van der Waals surface area contributed by atoms with Gasteiger partial charge < -0.3 is 20.5 Å². The lowest BCUT2D eigenvalue weighted by atomic mass is 10.2. The quantitative estimate of drug-likeness (QED) is 0.862. The molecule has 100 valence electrons. The molecule has 5 nitrogen and oxygen atoms in total. The molecule has 0 bridgehead atoms. The smallest absolute Gasteiger partial charge is 0.236 e. The number of nitrogens with two attached hydrogens (primary N) is 1. The minimum atomic E-state index is -0.524. The number of benzene rings is 1. The molecular formula is C12H17BrN2O3. The van der Waals surface area contributed by atoms with E-state index in [9.17, 15) is 4.79 Å². The van der Waals surface area contributed by atoms with Gasteiger partial charge in [-0.2, -0.15) is 0 Å². The van der Waals surface area contributed by atoms with Crippen molar-refractivity contribution in [2.45, 2.75) is 19.5 Å². The zero-order valence-electron chi connectivity index (χ0n) is 10.6. The molecule has 0 aliphatic rings. The number of rotatable bonds is 5. The fourth-order valence-corrected chi connectivity index (χ4v) is 1.84. The van der Waals surface area contributed by atoms with Gasteiger partial charge in [-0.15, -0.1) is 0 Å². The van der Waals surface area contributed by atoms with Gasteiger partial charge in [-0.25, -0.2) is 0 Å². The first-order valence-electron chi connectivity index (χ1n) is 5.43. The molecule has 1 aromatic rings. The lowest BCUT2D eigenvalue weighted by Crippen LogP contribution is -2.37. The minimum Gasteiger partial charge on any atom is -0.493 e. The number of amides is 1. The fraction of sp³-hybridized carbons (Fsp3) is 0.417. The summed E-state index contributed by atoms with van der Waals surface area (Å²) in [5.74, 6) is 1.05. The number of halogens is 1. The van der Waals surface area contributed by atoms with Gasteiger partial charge in [0, 0.05) is 11.0 Å². The van der Waals surface area contributed by atoms with Crippen LogP contribution in [0.15, 0.2) is 16.6 Å². The van der Waals surface area contributed by atoms with Crippen molar-refractivity contribution in [1.82, 2.24) is 5.32 Å². The molecule has 0 spiro atoms. The van der Waals surface area contributed by atoms with E-state index in [1.807, 2.05) is 6.07 Å². The fourth-order valence-electron chi connectivity index (χ4n) is 1.38. The van der Waals surface area contributed by atoms with Gasteiger partial charge in [0.25, 0.3) is 0 Å². The van der Waals surface area contributed by atoms with Crippen LogP contribution in [0.25, 0.3) is 0 Å². The van der Waals surface area contributed by atoms with Crippen LogP contribution >= 0.6 is 15.9 Å². The molecular weight excluding hydrogens is 300 g/mol. The van der Waals surface area contributed by atoms with Gasteiger partial charge in [0.15, 0.2) is 11.5 Å². The number of hydrogen-bond acceptors (Lipinski definition) is 4. The van der Waals surface area contributed by atoms with Crippen LogP contribution in [-0.2, 0) is 11.3 Å². The highest BCUT2D eigenvalue weighted by atomic mass is 79.9. The monoisotopic (exact) mass is 316 g/mol. The molecule has 3 N–H and O–H groups in total. The molecule has 0 fully saturated rings. The largest absolute Gasteiger partial charge is 0.493 e. The van der Waals surface area contributed by atoms with Crippen LogP contribution in [0.1, 0.15) is 12.5 Å². The van der Waals surface area contributed by atoms with Crippen molar-refractivity contribution in [2.75, 3.05) is 14.2 Å². The molecule has 0 radical (unpaired) electrons. The summed E-state index contributed by atoms with van der Waals surface area (Å²) in [7, 11) is 3.14. The van der Waals surface area contributed by atoms with Crippen molar-refractivity contribution in [2.24, 2.45) is 5.73 Å². The van der Waals surface area contributed by atoms with E-state index < -0.39 is 6.04 Å². The zero-order chi connectivity index (χ0) is 13.7. The molecule has 0 saturated carbocycles. The van der Waals surface area contributed by atoms with E-state index in [-0.39, 0.29) is 5.91 Å². The van der Waals surface area contributed by atoms with E-state index in [1.54, 1.807) is 27.2 Å². The summed E-state index contributed by atoms with van der Waals surface area (Å²) < 4.78 is 11.2. The second-order valence-electron chi connectivity index (χ2n) is 3.81. The van der Waals surface area contributed by atoms with Gasteiger partial charge in [0.2, 0.25) is 5.91 Å². The third-order valence-corrected chi connectivity index (χ3v) is 3.16. The number of hydrogen-bond donors (Lipinski definition) is 2. The van der Waals surface area contributed by atoms with Crippen LogP contribution in [0, 0.1) is 0 Å². The number of nitrogens with one attached hydrogen (secondary N) is 1. The van der Waals surface area contributed by atoms with Crippen molar-refractivity contribution < 1.29 is 14.3 Å². The third kappa shape index (κ3) is 3.61. The van der Waals surface area contributed by atoms with Crippen LogP contribution in [0.3, 0.4) is 0 Å². The molecule has 18 heavy (non-hydrogen) atoms. The number of ether oxygens (including phenoxy) is 2. The maximum atomic E-state index is 11.4. The summed E-state index contributed by atoms with van der Waals surface area (Å²) in [6.45, 7) is 2.01. The van der Waals surface area contributed by atoms with E-state index >= 15 is 0 Å². The highest BCUT2D eigenvalue weighted by Gasteiger charge is 2.11. The summed E-state index contributed by atoms with van der Waals surface area (Å²) >= 11 is 3.42. The summed E-state index contributed by atoms with van der Waals surface area (Å²) in [5, 5.41) is 2.74. The summed E-state index contributed by atoms with van der Waals surface area (Å²) in [4.78, 5) is 11.4. The maximum Gasteiger partial charge on any atom is 0.236 e. The maximum absolute atomic E-state index is 11.4. The Hall–Kier alpha value is -1.27. The number of carbonyl (C=O) groups is 1. The molecule has 1 aromatic carbocycles. The molecule has 0 aliphatic carbocycles. The molecule has 1 atom stereocenters. The summed E-state index contributed by atoms with van der Waals surface area (Å²) in [5.41, 5.74) is 6.36. The molecule has 1 amide bonds. The molecule has 0 aromatic heterocycles. The minimum absolute atomic E-state index is 0.198. The Bertz CT molecular complexity index is 436. The Morgan fingerprint density at radius 1 is 1.39 bits per heavy atom. The van der Waals surface area contributed by atoms with Crippen molar-refractivity contribution >= 4 is 21.8 Å². The van der Waals surface area contributed by atoms with E-state index in [2.05, 4.69) is 21.2 Å². The molecule has 0 unspecified atom stereocenters. The van der Waals surface area contributed by atoms with Gasteiger partial charge in [-0.1, -0.05) is 15.9 Å². The van der Waals surface area contributed by atoms with Crippen LogP contribution < -0.4 is 20.5 Å². The predicted molar refractivity (Wildman–Crippen MR) is 72.7 cm³/mol.